The zero-order valence-electron chi connectivity index (χ0n) is 53.4. The summed E-state index contributed by atoms with van der Waals surface area (Å²) >= 11 is 0. The third-order valence-corrected chi connectivity index (χ3v) is 19.8. The summed E-state index contributed by atoms with van der Waals surface area (Å²) in [6.07, 6.45) is -1.86. The molecule has 0 radical (unpaired) electrons. The molecule has 95 heavy (non-hydrogen) atoms. The molecule has 6 amide bonds. The van der Waals surface area contributed by atoms with E-state index in [1.54, 1.807) is 18.2 Å². The molecule has 0 saturated carbocycles. The highest BCUT2D eigenvalue weighted by molar-refractivity contribution is 7.89. The first kappa shape index (κ1) is 70.4. The van der Waals surface area contributed by atoms with E-state index in [4.69, 9.17) is 29.4 Å². The lowest BCUT2D eigenvalue weighted by atomic mass is 9.91. The highest BCUT2D eigenvalue weighted by atomic mass is 32.2. The van der Waals surface area contributed by atoms with Gasteiger partial charge in [0, 0.05) is 108 Å². The van der Waals surface area contributed by atoms with Gasteiger partial charge >= 0.3 is 29.8 Å². The first-order valence-electron chi connectivity index (χ1n) is 30.5. The van der Waals surface area contributed by atoms with Gasteiger partial charge in [-0.1, -0.05) is 66.7 Å². The number of methoxy groups -OCH3 is 5. The average Bonchev–Trinajstić information content (AvgIpc) is 1.75. The van der Waals surface area contributed by atoms with Gasteiger partial charge in [0.05, 0.1) is 76.7 Å². The molecule has 9 rings (SSSR count). The number of hydrogen-bond acceptors (Lipinski definition) is 25. The van der Waals surface area contributed by atoms with Gasteiger partial charge < -0.3 is 92.8 Å². The van der Waals surface area contributed by atoms with E-state index in [2.05, 4.69) is 63.2 Å². The number of amides is 6. The van der Waals surface area contributed by atoms with Crippen LogP contribution in [0, 0.1) is 0 Å². The Bertz CT molecular complexity index is 3820. The van der Waals surface area contributed by atoms with Gasteiger partial charge in [0.25, 0.3) is 0 Å². The average molecular weight is 1340 g/mol. The summed E-state index contributed by atoms with van der Waals surface area (Å²) in [7, 11) is 5.05. The Hall–Kier alpha value is -8.96. The lowest BCUT2D eigenvalue weighted by molar-refractivity contribution is -0.152. The van der Waals surface area contributed by atoms with Crippen molar-refractivity contribution in [3.05, 3.63) is 84.4 Å². The number of rotatable bonds is 24. The molecule has 5 saturated heterocycles. The van der Waals surface area contributed by atoms with Gasteiger partial charge in [0.15, 0.2) is 27.7 Å². The summed E-state index contributed by atoms with van der Waals surface area (Å²) in [6.45, 7) is -2.03. The standard InChI is InChI=1S/C62H80N14O18S/c1-76(2)45-19-11-18-38-37(45)17-12-20-46(38)95(88,89)70-22-21-64-48(78)40-24-59(30-65-40,54(84)91-4)72-50(80)42-26-61(32-67-42,56(86)93-6)74-52(82)44-28-62(33-69-44,57(87)94-7)75-51(81)43-27-60(31-68-43,55(85)92-5)73-49(79)41-25-58(29-66-41,53(83)90-3)71-47(77)39(63)23-35-15-10-14-34-13-8-9-16-36(34)35/h8-20,39-44,65-70H,21-33,63H2,1-7H3,(H,64,78)(H,71,77)(H,72,80)(H,73,79)(H,74,82)(H,75,81)/t39-,40-,41-,42+,43+,44-,58-,59-,60+,61+,62-/m0/s1. The van der Waals surface area contributed by atoms with Gasteiger partial charge in [-0.15, -0.1) is 0 Å². The van der Waals surface area contributed by atoms with Crippen LogP contribution in [0.2, 0.25) is 0 Å². The second kappa shape index (κ2) is 28.6. The fraction of sp³-hybridized carbons (Fsp3) is 0.500. The van der Waals surface area contributed by atoms with Crippen molar-refractivity contribution >= 4 is 103 Å². The fourth-order valence-electron chi connectivity index (χ4n) is 13.2. The Balaban J connectivity index is 0.789. The monoisotopic (exact) mass is 1340 g/mol. The number of fused-ring (bicyclic) bond motifs is 2. The first-order chi connectivity index (χ1) is 45.2. The highest BCUT2D eigenvalue weighted by Crippen LogP contribution is 2.33. The molecule has 11 atom stereocenters. The molecule has 0 bridgehead atoms. The van der Waals surface area contributed by atoms with Crippen LogP contribution in [0.25, 0.3) is 21.5 Å². The maximum absolute atomic E-state index is 14.3. The fourth-order valence-corrected chi connectivity index (χ4v) is 14.5. The minimum atomic E-state index is -4.04. The Kier molecular flexibility index (Phi) is 21.1. The van der Waals surface area contributed by atoms with E-state index in [-0.39, 0.29) is 63.4 Å². The van der Waals surface area contributed by atoms with Crippen LogP contribution in [0.5, 0.6) is 0 Å². The lowest BCUT2D eigenvalue weighted by Crippen LogP contribution is -2.61. The number of hydrogen-bond donors (Lipinski definition) is 13. The minimum absolute atomic E-state index is 0.0503. The molecule has 512 valence electrons. The van der Waals surface area contributed by atoms with Crippen molar-refractivity contribution in [1.82, 2.24) is 63.2 Å². The van der Waals surface area contributed by atoms with Gasteiger partial charge in [-0.3, -0.25) is 28.8 Å². The minimum Gasteiger partial charge on any atom is -0.467 e. The normalized spacial score (nSPS) is 27.3. The van der Waals surface area contributed by atoms with Crippen molar-refractivity contribution in [3.63, 3.8) is 0 Å². The number of esters is 5. The van der Waals surface area contributed by atoms with E-state index in [0.29, 0.717) is 5.39 Å². The Morgan fingerprint density at radius 2 is 0.832 bits per heavy atom. The maximum atomic E-state index is 14.3. The van der Waals surface area contributed by atoms with Gasteiger partial charge in [-0.05, 0) is 34.9 Å². The number of carbonyl (C=O) groups is 11. The number of nitrogens with one attached hydrogen (secondary N) is 12. The molecule has 0 spiro atoms. The Labute approximate surface area is 546 Å². The molecular weight excluding hydrogens is 1260 g/mol. The van der Waals surface area contributed by atoms with E-state index in [0.717, 1.165) is 63.0 Å². The van der Waals surface area contributed by atoms with Crippen LogP contribution in [0.1, 0.15) is 37.7 Å². The van der Waals surface area contributed by atoms with Gasteiger partial charge in [-0.2, -0.15) is 0 Å². The molecule has 5 aliphatic rings. The highest BCUT2D eigenvalue weighted by Gasteiger charge is 2.58. The zero-order valence-corrected chi connectivity index (χ0v) is 54.3. The third kappa shape index (κ3) is 14.4. The van der Waals surface area contributed by atoms with Crippen molar-refractivity contribution < 1.29 is 84.8 Å². The molecule has 5 heterocycles. The molecule has 33 heteroatoms. The number of ether oxygens (including phenoxy) is 5. The molecule has 0 aliphatic carbocycles. The van der Waals surface area contributed by atoms with Crippen molar-refractivity contribution in [1.29, 1.82) is 0 Å². The van der Waals surface area contributed by atoms with E-state index in [1.807, 2.05) is 73.6 Å². The molecular formula is C62H80N14O18S. The lowest BCUT2D eigenvalue weighted by Gasteiger charge is -2.31. The number of carbonyl (C=O) groups excluding carboxylic acids is 11. The number of benzene rings is 4. The summed E-state index contributed by atoms with van der Waals surface area (Å²) in [5, 5.41) is 33.6. The Morgan fingerprint density at radius 3 is 1.25 bits per heavy atom. The largest absolute Gasteiger partial charge is 0.467 e. The number of nitrogens with zero attached hydrogens (tertiary/aromatic N) is 1. The van der Waals surface area contributed by atoms with Crippen LogP contribution in [0.3, 0.4) is 0 Å². The number of sulfonamides is 1. The molecule has 4 aromatic rings. The number of nitrogens with two attached hydrogens (primary N) is 1. The quantitative estimate of drug-likeness (QED) is 0.0177. The van der Waals surface area contributed by atoms with E-state index in [9.17, 15) is 61.2 Å². The van der Waals surface area contributed by atoms with Crippen LogP contribution in [0.4, 0.5) is 5.69 Å². The molecule has 14 N–H and O–H groups in total. The predicted molar refractivity (Wildman–Crippen MR) is 339 cm³/mol. The van der Waals surface area contributed by atoms with Crippen LogP contribution in [-0.4, -0.2) is 233 Å². The van der Waals surface area contributed by atoms with Crippen molar-refractivity contribution in [2.24, 2.45) is 5.73 Å². The van der Waals surface area contributed by atoms with Gasteiger partial charge in [0.2, 0.25) is 45.5 Å². The van der Waals surface area contributed by atoms with Crippen LogP contribution in [-0.2, 0) is 92.9 Å². The smallest absolute Gasteiger partial charge is 0.332 e. The van der Waals surface area contributed by atoms with E-state index < -0.39 is 165 Å². The Morgan fingerprint density at radius 1 is 0.474 bits per heavy atom. The summed E-state index contributed by atoms with van der Waals surface area (Å²) in [5.41, 5.74) is -1.35. The topological polar surface area (TPSA) is 442 Å². The third-order valence-electron chi connectivity index (χ3n) is 18.3. The zero-order chi connectivity index (χ0) is 68.8. The summed E-state index contributed by atoms with van der Waals surface area (Å²) in [6, 6.07) is 16.2. The van der Waals surface area contributed by atoms with Gasteiger partial charge in [0.1, 0.15) is 0 Å². The second-order valence-electron chi connectivity index (χ2n) is 24.7. The first-order valence-corrected chi connectivity index (χ1v) is 32.0. The maximum Gasteiger partial charge on any atom is 0.332 e. The molecule has 4 aromatic carbocycles. The van der Waals surface area contributed by atoms with Crippen LogP contribution < -0.4 is 73.8 Å². The van der Waals surface area contributed by atoms with Crippen molar-refractivity contribution in [3.8, 4) is 0 Å². The second-order valence-corrected chi connectivity index (χ2v) is 26.4. The molecule has 0 aromatic heterocycles. The van der Waals surface area contributed by atoms with E-state index in [1.165, 1.54) is 6.07 Å². The molecule has 5 fully saturated rings. The molecule has 5 aliphatic heterocycles. The van der Waals surface area contributed by atoms with Crippen molar-refractivity contribution in [2.75, 3.05) is 100 Å². The predicted octanol–water partition coefficient (Wildman–Crippen LogP) is -5.03. The summed E-state index contributed by atoms with van der Waals surface area (Å²) in [4.78, 5) is 154. The molecule has 32 nitrogen and oxygen atoms in total. The summed E-state index contributed by atoms with van der Waals surface area (Å²) in [5.74, 6) is -9.36. The van der Waals surface area contributed by atoms with E-state index >= 15 is 0 Å². The SMILES string of the molecule is COC(=O)[C@]1(NC(=O)[C@@H]2C[C@@](NC(=O)[C@H]3C[C@](NC(=O)[C@@H]4C[C@@](NC(=O)[C@@H](N)Cc5cccc6ccccc56)(C(=O)OC)CN4)(C(=O)OC)CN3)(C(=O)OC)CN2)CN[C@@H](C(=O)N[C@]2(C(=O)OC)CN[C@H](C(=O)NCCNS(=O)(=O)c3cccc4c(N(C)C)cccc34)C2)C1. The summed E-state index contributed by atoms with van der Waals surface area (Å²) < 4.78 is 55.0. The number of anilines is 1. The van der Waals surface area contributed by atoms with Crippen molar-refractivity contribution in [2.45, 2.75) is 107 Å². The van der Waals surface area contributed by atoms with Gasteiger partial charge in [-0.25, -0.2) is 37.1 Å². The van der Waals surface area contributed by atoms with Crippen LogP contribution in [0.15, 0.2) is 83.8 Å². The van der Waals surface area contributed by atoms with Crippen LogP contribution >= 0.6 is 0 Å². The molecule has 0 unspecified atom stereocenters.